The lowest BCUT2D eigenvalue weighted by Crippen LogP contribution is -2.30. The van der Waals surface area contributed by atoms with Crippen LogP contribution in [0.3, 0.4) is 0 Å². The Kier molecular flexibility index (Phi) is 4.14. The number of fused-ring (bicyclic) bond motifs is 1. The minimum absolute atomic E-state index is 0.0315. The maximum Gasteiger partial charge on any atom is 0.407 e. The van der Waals surface area contributed by atoms with Gasteiger partial charge in [0.2, 0.25) is 0 Å². The van der Waals surface area contributed by atoms with Gasteiger partial charge in [-0.2, -0.15) is 0 Å². The number of carbonyl (C=O) groups is 1. The average molecular weight is 265 g/mol. The monoisotopic (exact) mass is 265 g/mol. The smallest absolute Gasteiger partial charge is 0.407 e. The van der Waals surface area contributed by atoms with Gasteiger partial charge in [0.15, 0.2) is 11.5 Å². The molecular weight excluding hydrogens is 246 g/mol. The number of carbonyl (C=O) groups excluding carboxylic acids is 1. The van der Waals surface area contributed by atoms with Crippen LogP contribution < -0.4 is 14.8 Å². The topological polar surface area (TPSA) is 56.8 Å². The van der Waals surface area contributed by atoms with Gasteiger partial charge in [0.25, 0.3) is 0 Å². The van der Waals surface area contributed by atoms with E-state index in [1.54, 1.807) is 14.2 Å². The summed E-state index contributed by atoms with van der Waals surface area (Å²) in [5, 5.41) is 2.86. The van der Waals surface area contributed by atoms with Crippen molar-refractivity contribution in [2.45, 2.75) is 25.3 Å². The molecule has 0 saturated heterocycles. The van der Waals surface area contributed by atoms with Crippen molar-refractivity contribution < 1.29 is 19.0 Å². The van der Waals surface area contributed by atoms with Crippen LogP contribution in [0.25, 0.3) is 0 Å². The lowest BCUT2D eigenvalue weighted by atomic mass is 9.87. The zero-order valence-corrected chi connectivity index (χ0v) is 11.5. The fourth-order valence-corrected chi connectivity index (χ4v) is 2.48. The summed E-state index contributed by atoms with van der Waals surface area (Å²) in [6, 6.07) is 3.89. The van der Waals surface area contributed by atoms with Crippen molar-refractivity contribution >= 4 is 6.09 Å². The van der Waals surface area contributed by atoms with E-state index in [1.807, 2.05) is 12.1 Å². The number of amides is 1. The highest BCUT2D eigenvalue weighted by Gasteiger charge is 2.24. The van der Waals surface area contributed by atoms with Crippen LogP contribution in [0, 0.1) is 0 Å². The Morgan fingerprint density at radius 2 is 1.89 bits per heavy atom. The van der Waals surface area contributed by atoms with Crippen LogP contribution in [0.2, 0.25) is 0 Å². The van der Waals surface area contributed by atoms with Crippen LogP contribution in [-0.4, -0.2) is 27.4 Å². The Hall–Kier alpha value is -1.91. The van der Waals surface area contributed by atoms with Gasteiger partial charge < -0.3 is 19.5 Å². The van der Waals surface area contributed by atoms with Gasteiger partial charge in [0.05, 0.1) is 27.4 Å². The van der Waals surface area contributed by atoms with Crippen LogP contribution in [0.5, 0.6) is 11.5 Å². The second-order valence-electron chi connectivity index (χ2n) is 4.49. The third-order valence-corrected chi connectivity index (χ3v) is 3.44. The van der Waals surface area contributed by atoms with Crippen molar-refractivity contribution in [2.24, 2.45) is 0 Å². The molecule has 0 radical (unpaired) electrons. The summed E-state index contributed by atoms with van der Waals surface area (Å²) in [5.74, 6) is 1.40. The zero-order valence-electron chi connectivity index (χ0n) is 11.5. The number of rotatable bonds is 3. The third kappa shape index (κ3) is 2.75. The molecule has 104 valence electrons. The highest BCUT2D eigenvalue weighted by molar-refractivity contribution is 5.68. The van der Waals surface area contributed by atoms with Crippen LogP contribution in [-0.2, 0) is 11.2 Å². The first-order chi connectivity index (χ1) is 9.19. The Labute approximate surface area is 112 Å². The molecule has 1 aliphatic carbocycles. The molecule has 0 fully saturated rings. The van der Waals surface area contributed by atoms with Gasteiger partial charge in [-0.05, 0) is 42.5 Å². The van der Waals surface area contributed by atoms with Crippen molar-refractivity contribution in [1.82, 2.24) is 5.32 Å². The lowest BCUT2D eigenvalue weighted by Gasteiger charge is -2.27. The molecule has 1 aliphatic rings. The Balaban J connectivity index is 2.34. The Bertz CT molecular complexity index is 473. The average Bonchev–Trinajstić information content (AvgIpc) is 2.45. The first kappa shape index (κ1) is 13.5. The number of nitrogens with one attached hydrogen (secondary N) is 1. The molecule has 1 aromatic carbocycles. The molecule has 0 bridgehead atoms. The summed E-state index contributed by atoms with van der Waals surface area (Å²) < 4.78 is 15.3. The maximum absolute atomic E-state index is 11.4. The van der Waals surface area contributed by atoms with Crippen LogP contribution in [0.15, 0.2) is 12.1 Å². The summed E-state index contributed by atoms with van der Waals surface area (Å²) in [4.78, 5) is 11.4. The third-order valence-electron chi connectivity index (χ3n) is 3.44. The Morgan fingerprint density at radius 1 is 1.21 bits per heavy atom. The quantitative estimate of drug-likeness (QED) is 0.912. The SMILES string of the molecule is COC(=O)NC1CCCc2cc(OC)c(OC)cc21. The number of alkyl carbamates (subject to hydrolysis) is 1. The molecule has 0 aromatic heterocycles. The molecule has 19 heavy (non-hydrogen) atoms. The number of methoxy groups -OCH3 is 3. The number of aryl methyl sites for hydroxylation is 1. The first-order valence-electron chi connectivity index (χ1n) is 6.29. The minimum Gasteiger partial charge on any atom is -0.493 e. The molecular formula is C14H19NO4. The van der Waals surface area contributed by atoms with E-state index in [1.165, 1.54) is 12.7 Å². The van der Waals surface area contributed by atoms with E-state index < -0.39 is 6.09 Å². The van der Waals surface area contributed by atoms with E-state index in [0.717, 1.165) is 30.6 Å². The highest BCUT2D eigenvalue weighted by Crippen LogP contribution is 2.38. The van der Waals surface area contributed by atoms with E-state index in [2.05, 4.69) is 10.1 Å². The predicted octanol–water partition coefficient (Wildman–Crippen LogP) is 2.44. The predicted molar refractivity (Wildman–Crippen MR) is 70.8 cm³/mol. The van der Waals surface area contributed by atoms with Gasteiger partial charge in [-0.25, -0.2) is 4.79 Å². The molecule has 0 aliphatic heterocycles. The summed E-state index contributed by atoms with van der Waals surface area (Å²) >= 11 is 0. The van der Waals surface area contributed by atoms with Crippen molar-refractivity contribution in [3.63, 3.8) is 0 Å². The molecule has 1 N–H and O–H groups in total. The minimum atomic E-state index is -0.410. The largest absolute Gasteiger partial charge is 0.493 e. The molecule has 0 heterocycles. The molecule has 5 nitrogen and oxygen atoms in total. The zero-order chi connectivity index (χ0) is 13.8. The molecule has 1 atom stereocenters. The number of benzene rings is 1. The standard InChI is InChI=1S/C14H19NO4/c1-17-12-7-9-5-4-6-11(15-14(16)19-3)10(9)8-13(12)18-2/h7-8,11H,4-6H2,1-3H3,(H,15,16). The number of hydrogen-bond acceptors (Lipinski definition) is 4. The summed E-state index contributed by atoms with van der Waals surface area (Å²) in [6.07, 6.45) is 2.50. The van der Waals surface area contributed by atoms with E-state index in [-0.39, 0.29) is 6.04 Å². The lowest BCUT2D eigenvalue weighted by molar-refractivity contribution is 0.165. The van der Waals surface area contributed by atoms with Gasteiger partial charge in [0.1, 0.15) is 0 Å². The van der Waals surface area contributed by atoms with E-state index in [9.17, 15) is 4.79 Å². The fraction of sp³-hybridized carbons (Fsp3) is 0.500. The normalized spacial score (nSPS) is 17.3. The van der Waals surface area contributed by atoms with Gasteiger partial charge in [-0.15, -0.1) is 0 Å². The van der Waals surface area contributed by atoms with Crippen molar-refractivity contribution in [2.75, 3.05) is 21.3 Å². The van der Waals surface area contributed by atoms with Gasteiger partial charge in [-0.3, -0.25) is 0 Å². The molecule has 1 amide bonds. The molecule has 0 spiro atoms. The number of ether oxygens (including phenoxy) is 3. The van der Waals surface area contributed by atoms with Gasteiger partial charge in [0, 0.05) is 0 Å². The van der Waals surface area contributed by atoms with Crippen molar-refractivity contribution in [3.05, 3.63) is 23.3 Å². The fourth-order valence-electron chi connectivity index (χ4n) is 2.48. The van der Waals surface area contributed by atoms with Crippen LogP contribution in [0.4, 0.5) is 4.79 Å². The molecule has 2 rings (SSSR count). The second-order valence-corrected chi connectivity index (χ2v) is 4.49. The molecule has 1 unspecified atom stereocenters. The van der Waals surface area contributed by atoms with Gasteiger partial charge >= 0.3 is 6.09 Å². The number of hydrogen-bond donors (Lipinski definition) is 1. The maximum atomic E-state index is 11.4. The summed E-state index contributed by atoms with van der Waals surface area (Å²) in [5.41, 5.74) is 2.26. The van der Waals surface area contributed by atoms with E-state index >= 15 is 0 Å². The second kappa shape index (κ2) is 5.82. The van der Waals surface area contributed by atoms with Crippen molar-refractivity contribution in [1.29, 1.82) is 0 Å². The summed E-state index contributed by atoms with van der Waals surface area (Å²) in [7, 11) is 4.60. The van der Waals surface area contributed by atoms with Crippen molar-refractivity contribution in [3.8, 4) is 11.5 Å². The highest BCUT2D eigenvalue weighted by atomic mass is 16.5. The van der Waals surface area contributed by atoms with Crippen LogP contribution >= 0.6 is 0 Å². The molecule has 1 aromatic rings. The van der Waals surface area contributed by atoms with Crippen LogP contribution in [0.1, 0.15) is 30.0 Å². The first-order valence-corrected chi connectivity index (χ1v) is 6.29. The molecule has 5 heteroatoms. The Morgan fingerprint density at radius 3 is 2.53 bits per heavy atom. The summed E-state index contributed by atoms with van der Waals surface area (Å²) in [6.45, 7) is 0. The van der Waals surface area contributed by atoms with E-state index in [0.29, 0.717) is 5.75 Å². The van der Waals surface area contributed by atoms with E-state index in [4.69, 9.17) is 9.47 Å². The molecule has 0 saturated carbocycles. The van der Waals surface area contributed by atoms with Gasteiger partial charge in [-0.1, -0.05) is 0 Å².